The van der Waals surface area contributed by atoms with Crippen molar-refractivity contribution in [1.82, 2.24) is 15.8 Å². The Balaban J connectivity index is 1.61. The van der Waals surface area contributed by atoms with Gasteiger partial charge >= 0.3 is 0 Å². The van der Waals surface area contributed by atoms with E-state index < -0.39 is 21.8 Å². The van der Waals surface area contributed by atoms with Gasteiger partial charge in [0.1, 0.15) is 10.8 Å². The first-order chi connectivity index (χ1) is 15.8. The first kappa shape index (κ1) is 24.1. The second kappa shape index (κ2) is 10.8. The van der Waals surface area contributed by atoms with Crippen LogP contribution in [0.4, 0.5) is 5.69 Å². The highest BCUT2D eigenvalue weighted by Crippen LogP contribution is 2.20. The SMILES string of the molecule is CCOc1ccc(S(=O)(=O)Nc2ccc(C(=O)NNC(=O)c3cccnc3SC)cc2)cc1. The zero-order chi connectivity index (χ0) is 23.8. The molecule has 0 aliphatic carbocycles. The van der Waals surface area contributed by atoms with E-state index in [2.05, 4.69) is 20.6 Å². The number of hydrogen-bond acceptors (Lipinski definition) is 7. The number of nitrogens with zero attached hydrogens (tertiary/aromatic N) is 1. The average Bonchev–Trinajstić information content (AvgIpc) is 2.83. The maximum atomic E-state index is 12.6. The lowest BCUT2D eigenvalue weighted by atomic mass is 10.2. The molecule has 172 valence electrons. The van der Waals surface area contributed by atoms with E-state index >= 15 is 0 Å². The highest BCUT2D eigenvalue weighted by atomic mass is 32.2. The number of ether oxygens (including phenoxy) is 1. The first-order valence-corrected chi connectivity index (χ1v) is 12.5. The molecule has 0 bridgehead atoms. The van der Waals surface area contributed by atoms with Gasteiger partial charge in [0.25, 0.3) is 21.8 Å². The molecule has 0 aliphatic heterocycles. The van der Waals surface area contributed by atoms with Crippen LogP contribution in [0.3, 0.4) is 0 Å². The van der Waals surface area contributed by atoms with Crippen LogP contribution in [0.1, 0.15) is 27.6 Å². The van der Waals surface area contributed by atoms with E-state index in [0.717, 1.165) is 0 Å². The molecule has 1 heterocycles. The molecule has 0 aliphatic rings. The minimum absolute atomic E-state index is 0.0792. The lowest BCUT2D eigenvalue weighted by molar-refractivity contribution is 0.0844. The summed E-state index contributed by atoms with van der Waals surface area (Å²) in [6.07, 6.45) is 3.37. The summed E-state index contributed by atoms with van der Waals surface area (Å²) in [5.74, 6) is -0.480. The molecule has 0 saturated heterocycles. The van der Waals surface area contributed by atoms with Gasteiger partial charge in [-0.05, 0) is 73.8 Å². The van der Waals surface area contributed by atoms with Crippen LogP contribution in [-0.4, -0.2) is 38.1 Å². The third kappa shape index (κ3) is 6.24. The molecule has 0 radical (unpaired) electrons. The number of benzene rings is 2. The number of hydrogen-bond donors (Lipinski definition) is 3. The summed E-state index contributed by atoms with van der Waals surface area (Å²) in [4.78, 5) is 28.8. The number of thioether (sulfide) groups is 1. The van der Waals surface area contributed by atoms with E-state index in [1.54, 1.807) is 36.7 Å². The highest BCUT2D eigenvalue weighted by molar-refractivity contribution is 7.98. The largest absolute Gasteiger partial charge is 0.494 e. The average molecular weight is 487 g/mol. The summed E-state index contributed by atoms with van der Waals surface area (Å²) in [7, 11) is -3.81. The summed E-state index contributed by atoms with van der Waals surface area (Å²) in [6, 6.07) is 15.1. The quantitative estimate of drug-likeness (QED) is 0.330. The highest BCUT2D eigenvalue weighted by Gasteiger charge is 2.16. The van der Waals surface area contributed by atoms with Crippen LogP contribution in [0.25, 0.3) is 0 Å². The van der Waals surface area contributed by atoms with Crippen molar-refractivity contribution < 1.29 is 22.7 Å². The molecule has 0 unspecified atom stereocenters. The molecule has 33 heavy (non-hydrogen) atoms. The van der Waals surface area contributed by atoms with E-state index in [1.165, 1.54) is 48.2 Å². The zero-order valence-electron chi connectivity index (χ0n) is 17.9. The zero-order valence-corrected chi connectivity index (χ0v) is 19.5. The predicted molar refractivity (Wildman–Crippen MR) is 126 cm³/mol. The molecule has 2 aromatic carbocycles. The maximum Gasteiger partial charge on any atom is 0.272 e. The summed E-state index contributed by atoms with van der Waals surface area (Å²) in [5, 5.41) is 0.536. The van der Waals surface area contributed by atoms with Crippen molar-refractivity contribution in [3.8, 4) is 5.75 Å². The molecule has 0 fully saturated rings. The molecular formula is C22H22N4O5S2. The van der Waals surface area contributed by atoms with Crippen LogP contribution in [0.2, 0.25) is 0 Å². The number of carbonyl (C=O) groups is 2. The van der Waals surface area contributed by atoms with Crippen molar-refractivity contribution >= 4 is 39.3 Å². The Kier molecular flexibility index (Phi) is 7.91. The minimum atomic E-state index is -3.81. The second-order valence-electron chi connectivity index (χ2n) is 6.56. The van der Waals surface area contributed by atoms with E-state index in [9.17, 15) is 18.0 Å². The predicted octanol–water partition coefficient (Wildman–Crippen LogP) is 3.08. The van der Waals surface area contributed by atoms with Crippen molar-refractivity contribution in [2.45, 2.75) is 16.8 Å². The van der Waals surface area contributed by atoms with Gasteiger partial charge in [0.2, 0.25) is 0 Å². The topological polar surface area (TPSA) is 126 Å². The summed E-state index contributed by atoms with van der Waals surface area (Å²) >= 11 is 1.31. The van der Waals surface area contributed by atoms with Gasteiger partial charge in [-0.15, -0.1) is 11.8 Å². The summed E-state index contributed by atoms with van der Waals surface area (Å²) in [6.45, 7) is 2.32. The first-order valence-electron chi connectivity index (χ1n) is 9.79. The standard InChI is InChI=1S/C22H22N4O5S2/c1-3-31-17-10-12-18(13-11-17)33(29,30)26-16-8-6-15(7-9-16)20(27)24-25-21(28)19-5-4-14-23-22(19)32-2/h4-14,26H,3H2,1-2H3,(H,24,27)(H,25,28). The van der Waals surface area contributed by atoms with Crippen LogP contribution in [0.15, 0.2) is 76.8 Å². The number of anilines is 1. The van der Waals surface area contributed by atoms with E-state index in [-0.39, 0.29) is 16.1 Å². The van der Waals surface area contributed by atoms with Gasteiger partial charge < -0.3 is 4.74 Å². The van der Waals surface area contributed by atoms with Crippen molar-refractivity contribution in [1.29, 1.82) is 0 Å². The second-order valence-corrected chi connectivity index (χ2v) is 9.03. The number of rotatable bonds is 8. The van der Waals surface area contributed by atoms with Gasteiger partial charge in [-0.3, -0.25) is 25.2 Å². The van der Waals surface area contributed by atoms with E-state index in [4.69, 9.17) is 4.74 Å². The normalized spacial score (nSPS) is 10.8. The van der Waals surface area contributed by atoms with E-state index in [1.807, 2.05) is 6.92 Å². The fourth-order valence-corrected chi connectivity index (χ4v) is 4.37. The van der Waals surface area contributed by atoms with Gasteiger partial charge in [0, 0.05) is 17.4 Å². The Hall–Kier alpha value is -3.57. The minimum Gasteiger partial charge on any atom is -0.494 e. The number of amides is 2. The number of hydrazine groups is 1. The Morgan fingerprint density at radius 3 is 2.27 bits per heavy atom. The van der Waals surface area contributed by atoms with Crippen molar-refractivity contribution in [3.63, 3.8) is 0 Å². The Labute approximate surface area is 196 Å². The monoisotopic (exact) mass is 486 g/mol. The van der Waals surface area contributed by atoms with Crippen molar-refractivity contribution in [3.05, 3.63) is 78.0 Å². The van der Waals surface area contributed by atoms with Crippen LogP contribution < -0.4 is 20.3 Å². The van der Waals surface area contributed by atoms with Crippen LogP contribution in [0.5, 0.6) is 5.75 Å². The van der Waals surface area contributed by atoms with Crippen LogP contribution in [0, 0.1) is 0 Å². The fourth-order valence-electron chi connectivity index (χ4n) is 2.76. The van der Waals surface area contributed by atoms with E-state index in [0.29, 0.717) is 22.9 Å². The third-order valence-corrected chi connectivity index (χ3v) is 6.45. The van der Waals surface area contributed by atoms with Gasteiger partial charge in [0.05, 0.1) is 17.1 Å². The molecule has 0 saturated carbocycles. The molecule has 1 aromatic heterocycles. The maximum absolute atomic E-state index is 12.6. The lowest BCUT2D eigenvalue weighted by Crippen LogP contribution is -2.41. The number of carbonyl (C=O) groups excluding carboxylic acids is 2. The molecule has 0 atom stereocenters. The molecule has 11 heteroatoms. The molecule has 3 aromatic rings. The number of pyridine rings is 1. The van der Waals surface area contributed by atoms with Crippen LogP contribution >= 0.6 is 11.8 Å². The lowest BCUT2D eigenvalue weighted by Gasteiger charge is -2.11. The Morgan fingerprint density at radius 2 is 1.64 bits per heavy atom. The summed E-state index contributed by atoms with van der Waals surface area (Å²) < 4.78 is 32.9. The smallest absolute Gasteiger partial charge is 0.272 e. The third-order valence-electron chi connectivity index (χ3n) is 4.34. The molecule has 2 amide bonds. The Bertz CT molecular complexity index is 1230. The van der Waals surface area contributed by atoms with Gasteiger partial charge in [0.15, 0.2) is 0 Å². The van der Waals surface area contributed by atoms with Gasteiger partial charge in [-0.1, -0.05) is 0 Å². The van der Waals surface area contributed by atoms with Crippen molar-refractivity contribution in [2.75, 3.05) is 17.6 Å². The number of sulfonamides is 1. The molecule has 3 N–H and O–H groups in total. The molecule has 0 spiro atoms. The van der Waals surface area contributed by atoms with Crippen LogP contribution in [-0.2, 0) is 10.0 Å². The number of nitrogens with one attached hydrogen (secondary N) is 3. The van der Waals surface area contributed by atoms with Crippen molar-refractivity contribution in [2.24, 2.45) is 0 Å². The Morgan fingerprint density at radius 1 is 0.970 bits per heavy atom. The van der Waals surface area contributed by atoms with Gasteiger partial charge in [-0.2, -0.15) is 0 Å². The number of aromatic nitrogens is 1. The fraction of sp³-hybridized carbons (Fsp3) is 0.136. The summed E-state index contributed by atoms with van der Waals surface area (Å²) in [5.41, 5.74) is 5.53. The molecule has 9 nitrogen and oxygen atoms in total. The molecular weight excluding hydrogens is 464 g/mol. The van der Waals surface area contributed by atoms with Gasteiger partial charge in [-0.25, -0.2) is 13.4 Å². The molecule has 3 rings (SSSR count).